The topological polar surface area (TPSA) is 110 Å². The van der Waals surface area contributed by atoms with Crippen molar-refractivity contribution in [1.82, 2.24) is 10.2 Å². The summed E-state index contributed by atoms with van der Waals surface area (Å²) < 4.78 is 28.3. The van der Waals surface area contributed by atoms with Crippen LogP contribution >= 0.6 is 23.4 Å². The van der Waals surface area contributed by atoms with Crippen molar-refractivity contribution < 1.29 is 27.5 Å². The molecule has 0 saturated carbocycles. The Balaban J connectivity index is 1.93. The van der Waals surface area contributed by atoms with Crippen LogP contribution in [0.2, 0.25) is 5.02 Å². The number of halogens is 1. The van der Waals surface area contributed by atoms with Crippen molar-refractivity contribution in [1.29, 1.82) is 0 Å². The maximum Gasteiger partial charge on any atom is 0.329 e. The Labute approximate surface area is 185 Å². The van der Waals surface area contributed by atoms with Crippen LogP contribution in [0.5, 0.6) is 0 Å². The van der Waals surface area contributed by atoms with Gasteiger partial charge < -0.3 is 15.0 Å². The minimum absolute atomic E-state index is 0.0442. The summed E-state index contributed by atoms with van der Waals surface area (Å²) in [6.45, 7) is -0.515. The fraction of sp³-hybridized carbons (Fsp3) is 0.526. The lowest BCUT2D eigenvalue weighted by Gasteiger charge is -2.24. The fourth-order valence-corrected chi connectivity index (χ4v) is 5.32. The zero-order valence-corrected chi connectivity index (χ0v) is 19.2. The van der Waals surface area contributed by atoms with Crippen LogP contribution < -0.4 is 5.32 Å². The number of carbonyl (C=O) groups is 3. The minimum Gasteiger partial charge on any atom is -0.454 e. The zero-order chi connectivity index (χ0) is 22.3. The predicted molar refractivity (Wildman–Crippen MR) is 116 cm³/mol. The smallest absolute Gasteiger partial charge is 0.329 e. The molecule has 30 heavy (non-hydrogen) atoms. The van der Waals surface area contributed by atoms with Gasteiger partial charge >= 0.3 is 5.97 Å². The first-order valence-corrected chi connectivity index (χ1v) is 12.9. The molecule has 1 aromatic rings. The molecule has 1 aromatic carbocycles. The molecule has 0 spiro atoms. The van der Waals surface area contributed by atoms with Crippen molar-refractivity contribution in [2.75, 3.05) is 37.2 Å². The van der Waals surface area contributed by atoms with Gasteiger partial charge in [-0.15, -0.1) is 0 Å². The van der Waals surface area contributed by atoms with E-state index in [0.29, 0.717) is 29.2 Å². The lowest BCUT2D eigenvalue weighted by atomic mass is 10.1. The van der Waals surface area contributed by atoms with Gasteiger partial charge in [-0.3, -0.25) is 9.59 Å². The number of esters is 1. The van der Waals surface area contributed by atoms with Crippen molar-refractivity contribution in [3.8, 4) is 0 Å². The highest BCUT2D eigenvalue weighted by Gasteiger charge is 2.33. The van der Waals surface area contributed by atoms with Crippen LogP contribution in [0.1, 0.15) is 23.2 Å². The van der Waals surface area contributed by atoms with Crippen molar-refractivity contribution in [3.05, 3.63) is 34.9 Å². The molecule has 0 aromatic heterocycles. The molecule has 1 aliphatic heterocycles. The van der Waals surface area contributed by atoms with Crippen LogP contribution in [0.3, 0.4) is 0 Å². The molecule has 166 valence electrons. The van der Waals surface area contributed by atoms with Crippen molar-refractivity contribution >= 4 is 51.0 Å². The molecular formula is C19H25ClN2O6S2. The molecule has 2 unspecified atom stereocenters. The number of nitrogens with one attached hydrogen (secondary N) is 1. The number of likely N-dealkylation sites (N-methyl/N-ethyl adjacent to an activating group) is 1. The van der Waals surface area contributed by atoms with Crippen LogP contribution in [-0.2, 0) is 24.2 Å². The molecule has 1 N–H and O–H groups in total. The first kappa shape index (κ1) is 24.5. The summed E-state index contributed by atoms with van der Waals surface area (Å²) in [4.78, 5) is 38.5. The molecule has 2 rings (SSSR count). The Morgan fingerprint density at radius 1 is 1.30 bits per heavy atom. The van der Waals surface area contributed by atoms with Gasteiger partial charge in [0, 0.05) is 23.7 Å². The van der Waals surface area contributed by atoms with E-state index in [4.69, 9.17) is 16.3 Å². The summed E-state index contributed by atoms with van der Waals surface area (Å²) >= 11 is 7.33. The van der Waals surface area contributed by atoms with E-state index >= 15 is 0 Å². The molecule has 1 aliphatic rings. The van der Waals surface area contributed by atoms with E-state index in [1.54, 1.807) is 24.3 Å². The number of hydrogen-bond donors (Lipinski definition) is 1. The molecule has 1 heterocycles. The number of hydrogen-bond acceptors (Lipinski definition) is 7. The maximum atomic E-state index is 12.5. The van der Waals surface area contributed by atoms with Gasteiger partial charge in [-0.1, -0.05) is 11.6 Å². The second kappa shape index (κ2) is 11.0. The third kappa shape index (κ3) is 7.17. The van der Waals surface area contributed by atoms with E-state index in [2.05, 4.69) is 5.32 Å². The number of benzene rings is 1. The number of sulfone groups is 1. The third-order valence-corrected chi connectivity index (χ3v) is 7.44. The Hall–Kier alpha value is -1.78. The maximum absolute atomic E-state index is 12.5. The average molecular weight is 477 g/mol. The minimum atomic E-state index is -3.13. The first-order valence-electron chi connectivity index (χ1n) is 9.31. The summed E-state index contributed by atoms with van der Waals surface area (Å²) in [5, 5.41) is 3.12. The zero-order valence-electron chi connectivity index (χ0n) is 16.8. The van der Waals surface area contributed by atoms with Gasteiger partial charge in [-0.25, -0.2) is 13.2 Å². The molecule has 2 amide bonds. The second-order valence-electron chi connectivity index (χ2n) is 6.98. The van der Waals surface area contributed by atoms with Gasteiger partial charge in [0.2, 0.25) is 0 Å². The normalized spacial score (nSPS) is 18.4. The van der Waals surface area contributed by atoms with E-state index in [0.717, 1.165) is 0 Å². The standard InChI is InChI=1S/C19H25ClN2O6S2/c1-22(15-8-10-30(26,27)12-15)17(23)11-28-19(25)16(7-9-29-2)21-18(24)13-3-5-14(20)6-4-13/h3-6,15-16H,7-12H2,1-2H3,(H,21,24). The second-order valence-corrected chi connectivity index (χ2v) is 10.6. The number of nitrogens with zero attached hydrogens (tertiary/aromatic N) is 1. The predicted octanol–water partition coefficient (Wildman–Crippen LogP) is 1.38. The summed E-state index contributed by atoms with van der Waals surface area (Å²) in [6.07, 6.45) is 2.58. The van der Waals surface area contributed by atoms with Gasteiger partial charge in [0.1, 0.15) is 6.04 Å². The van der Waals surface area contributed by atoms with E-state index in [-0.39, 0.29) is 11.5 Å². The summed E-state index contributed by atoms with van der Waals surface area (Å²) in [7, 11) is -1.64. The molecule has 8 nitrogen and oxygen atoms in total. The quantitative estimate of drug-likeness (QED) is 0.536. The number of ether oxygens (including phenoxy) is 1. The van der Waals surface area contributed by atoms with Gasteiger partial charge in [0.15, 0.2) is 16.4 Å². The van der Waals surface area contributed by atoms with Crippen molar-refractivity contribution in [2.24, 2.45) is 0 Å². The van der Waals surface area contributed by atoms with Crippen LogP contribution in [0.4, 0.5) is 0 Å². The molecule has 0 aliphatic carbocycles. The molecule has 2 atom stereocenters. The van der Waals surface area contributed by atoms with Crippen molar-refractivity contribution in [2.45, 2.75) is 24.9 Å². The SMILES string of the molecule is CSCCC(NC(=O)c1ccc(Cl)cc1)C(=O)OCC(=O)N(C)C1CCS(=O)(=O)C1. The van der Waals surface area contributed by atoms with Crippen LogP contribution in [-0.4, -0.2) is 80.4 Å². The average Bonchev–Trinajstić information content (AvgIpc) is 3.08. The van der Waals surface area contributed by atoms with Crippen LogP contribution in [0, 0.1) is 0 Å². The van der Waals surface area contributed by atoms with Gasteiger partial charge in [0.05, 0.1) is 11.5 Å². The van der Waals surface area contributed by atoms with Crippen LogP contribution in [0.25, 0.3) is 0 Å². The van der Waals surface area contributed by atoms with Gasteiger partial charge in [0.25, 0.3) is 11.8 Å². The number of rotatable bonds is 9. The number of carbonyl (C=O) groups excluding carboxylic acids is 3. The molecule has 11 heteroatoms. The Morgan fingerprint density at radius 3 is 2.53 bits per heavy atom. The van der Waals surface area contributed by atoms with E-state index < -0.39 is 46.3 Å². The van der Waals surface area contributed by atoms with Crippen LogP contribution in [0.15, 0.2) is 24.3 Å². The number of thioether (sulfide) groups is 1. The Kier molecular flexibility index (Phi) is 8.99. The van der Waals surface area contributed by atoms with Gasteiger partial charge in [-0.2, -0.15) is 11.8 Å². The molecule has 1 fully saturated rings. The van der Waals surface area contributed by atoms with Gasteiger partial charge in [-0.05, 0) is 49.1 Å². The van der Waals surface area contributed by atoms with E-state index in [1.165, 1.54) is 23.7 Å². The number of amides is 2. The van der Waals surface area contributed by atoms with E-state index in [1.807, 2.05) is 6.26 Å². The Morgan fingerprint density at radius 2 is 1.97 bits per heavy atom. The molecule has 0 radical (unpaired) electrons. The molecule has 0 bridgehead atoms. The molecule has 1 saturated heterocycles. The monoisotopic (exact) mass is 476 g/mol. The molecular weight excluding hydrogens is 452 g/mol. The highest BCUT2D eigenvalue weighted by Crippen LogP contribution is 2.17. The highest BCUT2D eigenvalue weighted by molar-refractivity contribution is 7.98. The Bertz CT molecular complexity index is 876. The largest absolute Gasteiger partial charge is 0.454 e. The third-order valence-electron chi connectivity index (χ3n) is 4.79. The fourth-order valence-electron chi connectivity index (χ4n) is 2.95. The van der Waals surface area contributed by atoms with Crippen molar-refractivity contribution in [3.63, 3.8) is 0 Å². The van der Waals surface area contributed by atoms with E-state index in [9.17, 15) is 22.8 Å². The summed E-state index contributed by atoms with van der Waals surface area (Å²) in [5.41, 5.74) is 0.347. The summed E-state index contributed by atoms with van der Waals surface area (Å²) in [5.74, 6) is -1.09. The highest BCUT2D eigenvalue weighted by atomic mass is 35.5. The summed E-state index contributed by atoms with van der Waals surface area (Å²) in [6, 6.07) is 4.90. The first-order chi connectivity index (χ1) is 14.1. The lowest BCUT2D eigenvalue weighted by Crippen LogP contribution is -2.44. The lowest BCUT2D eigenvalue weighted by molar-refractivity contribution is -0.153.